The van der Waals surface area contributed by atoms with Crippen LogP contribution in [0.15, 0.2) is 12.3 Å². The largest absolute Gasteiger partial charge is 0.468 e. The molecule has 1 heterocycles. The summed E-state index contributed by atoms with van der Waals surface area (Å²) in [6, 6.07) is 1.52. The van der Waals surface area contributed by atoms with E-state index in [2.05, 4.69) is 32.7 Å². The number of methoxy groups -OCH3 is 1. The Hall–Kier alpha value is -2.18. The lowest BCUT2D eigenvalue weighted by molar-refractivity contribution is -0.384. The van der Waals surface area contributed by atoms with Gasteiger partial charge in [0.15, 0.2) is 0 Å². The maximum atomic E-state index is 12.3. The SMILES string of the molecule is COC(=O)C1(c2cnc(N(CC(C)C)CC(C)C)c([N+](=O)[O-])c2)CCC1. The van der Waals surface area contributed by atoms with E-state index in [9.17, 15) is 14.9 Å². The van der Waals surface area contributed by atoms with E-state index in [4.69, 9.17) is 4.74 Å². The van der Waals surface area contributed by atoms with Gasteiger partial charge in [0.25, 0.3) is 0 Å². The van der Waals surface area contributed by atoms with Gasteiger partial charge in [-0.05, 0) is 30.2 Å². The fraction of sp³-hybridized carbons (Fsp3) is 0.684. The average Bonchev–Trinajstić information content (AvgIpc) is 2.51. The van der Waals surface area contributed by atoms with Crippen molar-refractivity contribution >= 4 is 17.5 Å². The van der Waals surface area contributed by atoms with Crippen molar-refractivity contribution in [3.05, 3.63) is 27.9 Å². The number of rotatable bonds is 8. The standard InChI is InChI=1S/C19H29N3O4/c1-13(2)11-21(12-14(3)4)17-16(22(24)25)9-15(10-20-17)19(7-6-8-19)18(23)26-5/h9-10,13-14H,6-8,11-12H2,1-5H3. The minimum absolute atomic E-state index is 0.0426. The summed E-state index contributed by atoms with van der Waals surface area (Å²) < 4.78 is 4.95. The molecule has 1 aliphatic rings. The Labute approximate surface area is 154 Å². The molecule has 0 radical (unpaired) electrons. The number of esters is 1. The summed E-state index contributed by atoms with van der Waals surface area (Å²) in [6.07, 6.45) is 3.79. The lowest BCUT2D eigenvalue weighted by Gasteiger charge is -2.39. The highest BCUT2D eigenvalue weighted by Gasteiger charge is 2.48. The van der Waals surface area contributed by atoms with Gasteiger partial charge < -0.3 is 9.64 Å². The molecule has 0 atom stereocenters. The highest BCUT2D eigenvalue weighted by atomic mass is 16.6. The van der Waals surface area contributed by atoms with E-state index in [-0.39, 0.29) is 11.7 Å². The molecule has 0 saturated heterocycles. The molecule has 7 heteroatoms. The highest BCUT2D eigenvalue weighted by Crippen LogP contribution is 2.46. The summed E-state index contributed by atoms with van der Waals surface area (Å²) in [4.78, 5) is 30.0. The Bertz CT molecular complexity index is 659. The first-order valence-electron chi connectivity index (χ1n) is 9.19. The van der Waals surface area contributed by atoms with Crippen molar-refractivity contribution in [1.29, 1.82) is 0 Å². The van der Waals surface area contributed by atoms with Crippen LogP contribution in [0.25, 0.3) is 0 Å². The van der Waals surface area contributed by atoms with Crippen LogP contribution in [-0.2, 0) is 14.9 Å². The predicted octanol–water partition coefficient (Wildman–Crippen LogP) is 3.70. The number of nitro groups is 1. The first-order valence-corrected chi connectivity index (χ1v) is 9.19. The molecule has 1 aliphatic carbocycles. The lowest BCUT2D eigenvalue weighted by atomic mass is 9.65. The molecule has 0 N–H and O–H groups in total. The molecular formula is C19H29N3O4. The molecule has 7 nitrogen and oxygen atoms in total. The number of hydrogen-bond acceptors (Lipinski definition) is 6. The minimum atomic E-state index is -0.786. The first-order chi connectivity index (χ1) is 12.2. The Morgan fingerprint density at radius 2 is 1.88 bits per heavy atom. The van der Waals surface area contributed by atoms with E-state index in [0.29, 0.717) is 49.1 Å². The van der Waals surface area contributed by atoms with Gasteiger partial charge in [-0.2, -0.15) is 0 Å². The van der Waals surface area contributed by atoms with Crippen LogP contribution in [0, 0.1) is 22.0 Å². The summed E-state index contributed by atoms with van der Waals surface area (Å²) in [6.45, 7) is 9.69. The van der Waals surface area contributed by atoms with E-state index >= 15 is 0 Å². The first kappa shape index (κ1) is 20.1. The number of pyridine rings is 1. The van der Waals surface area contributed by atoms with Crippen LogP contribution in [0.4, 0.5) is 11.5 Å². The van der Waals surface area contributed by atoms with Gasteiger partial charge in [0.05, 0.1) is 17.4 Å². The minimum Gasteiger partial charge on any atom is -0.468 e. The van der Waals surface area contributed by atoms with E-state index < -0.39 is 10.3 Å². The molecule has 1 aromatic heterocycles. The molecule has 0 amide bonds. The van der Waals surface area contributed by atoms with Crippen molar-refractivity contribution in [2.24, 2.45) is 11.8 Å². The van der Waals surface area contributed by atoms with Crippen molar-refractivity contribution < 1.29 is 14.5 Å². The lowest BCUT2D eigenvalue weighted by Crippen LogP contribution is -2.43. The quantitative estimate of drug-likeness (QED) is 0.398. The van der Waals surface area contributed by atoms with Crippen molar-refractivity contribution in [2.45, 2.75) is 52.4 Å². The summed E-state index contributed by atoms with van der Waals surface area (Å²) in [5.41, 5.74) is -0.245. The zero-order chi connectivity index (χ0) is 19.5. The Balaban J connectivity index is 2.48. The third-order valence-electron chi connectivity index (χ3n) is 4.85. The molecule has 144 valence electrons. The summed E-state index contributed by atoms with van der Waals surface area (Å²) >= 11 is 0. The van der Waals surface area contributed by atoms with E-state index in [1.54, 1.807) is 6.20 Å². The van der Waals surface area contributed by atoms with Crippen LogP contribution in [0.5, 0.6) is 0 Å². The third kappa shape index (κ3) is 3.97. The smallest absolute Gasteiger partial charge is 0.316 e. The Morgan fingerprint density at radius 1 is 1.31 bits per heavy atom. The number of anilines is 1. The van der Waals surface area contributed by atoms with Gasteiger partial charge in [-0.15, -0.1) is 0 Å². The summed E-state index contributed by atoms with van der Waals surface area (Å²) in [5, 5.41) is 11.7. The second kappa shape index (κ2) is 8.01. The fourth-order valence-electron chi connectivity index (χ4n) is 3.55. The van der Waals surface area contributed by atoms with Gasteiger partial charge >= 0.3 is 11.7 Å². The van der Waals surface area contributed by atoms with Crippen LogP contribution < -0.4 is 4.90 Å². The number of nitrogens with zero attached hydrogens (tertiary/aromatic N) is 3. The molecule has 26 heavy (non-hydrogen) atoms. The molecular weight excluding hydrogens is 334 g/mol. The molecule has 0 spiro atoms. The highest BCUT2D eigenvalue weighted by molar-refractivity contribution is 5.84. The van der Waals surface area contributed by atoms with Crippen LogP contribution in [0.1, 0.15) is 52.5 Å². The third-order valence-corrected chi connectivity index (χ3v) is 4.85. The van der Waals surface area contributed by atoms with Crippen LogP contribution in [0.3, 0.4) is 0 Å². The molecule has 2 rings (SSSR count). The van der Waals surface area contributed by atoms with Crippen LogP contribution >= 0.6 is 0 Å². The zero-order valence-electron chi connectivity index (χ0n) is 16.3. The average molecular weight is 363 g/mol. The summed E-state index contributed by atoms with van der Waals surface area (Å²) in [7, 11) is 1.35. The van der Waals surface area contributed by atoms with Crippen molar-refractivity contribution in [3.63, 3.8) is 0 Å². The van der Waals surface area contributed by atoms with E-state index in [1.807, 2.05) is 4.90 Å². The second-order valence-electron chi connectivity index (χ2n) is 7.94. The monoisotopic (exact) mass is 363 g/mol. The number of carbonyl (C=O) groups excluding carboxylic acids is 1. The fourth-order valence-corrected chi connectivity index (χ4v) is 3.55. The number of hydrogen-bond donors (Lipinski definition) is 0. The summed E-state index contributed by atoms with van der Waals surface area (Å²) in [5.74, 6) is 0.736. The maximum absolute atomic E-state index is 12.3. The van der Waals surface area contributed by atoms with Gasteiger partial charge in [-0.1, -0.05) is 34.1 Å². The van der Waals surface area contributed by atoms with E-state index in [0.717, 1.165) is 6.42 Å². The van der Waals surface area contributed by atoms with Gasteiger partial charge in [0.2, 0.25) is 5.82 Å². The molecule has 0 aromatic carbocycles. The molecule has 0 unspecified atom stereocenters. The number of carbonyl (C=O) groups is 1. The van der Waals surface area contributed by atoms with Gasteiger partial charge in [0.1, 0.15) is 0 Å². The van der Waals surface area contributed by atoms with Crippen LogP contribution in [-0.4, -0.2) is 36.1 Å². The Morgan fingerprint density at radius 3 is 2.27 bits per heavy atom. The second-order valence-corrected chi connectivity index (χ2v) is 7.94. The van der Waals surface area contributed by atoms with Gasteiger partial charge in [-0.3, -0.25) is 14.9 Å². The van der Waals surface area contributed by atoms with Crippen LogP contribution in [0.2, 0.25) is 0 Å². The maximum Gasteiger partial charge on any atom is 0.316 e. The molecule has 0 bridgehead atoms. The molecule has 1 aromatic rings. The topological polar surface area (TPSA) is 85.6 Å². The zero-order valence-corrected chi connectivity index (χ0v) is 16.3. The molecule has 1 saturated carbocycles. The molecule has 1 fully saturated rings. The van der Waals surface area contributed by atoms with Crippen molar-refractivity contribution in [2.75, 3.05) is 25.1 Å². The molecule has 0 aliphatic heterocycles. The number of ether oxygens (including phenoxy) is 1. The van der Waals surface area contributed by atoms with Crippen molar-refractivity contribution in [3.8, 4) is 0 Å². The van der Waals surface area contributed by atoms with Gasteiger partial charge in [0, 0.05) is 25.4 Å². The Kier molecular flexibility index (Phi) is 6.21. The normalized spacial score (nSPS) is 15.7. The van der Waals surface area contributed by atoms with E-state index in [1.165, 1.54) is 13.2 Å². The van der Waals surface area contributed by atoms with Crippen molar-refractivity contribution in [1.82, 2.24) is 4.98 Å². The number of aromatic nitrogens is 1. The predicted molar refractivity (Wildman–Crippen MR) is 100 cm³/mol. The van der Waals surface area contributed by atoms with Gasteiger partial charge in [-0.25, -0.2) is 4.98 Å².